The molecule has 0 rings (SSSR count). The molecule has 0 aliphatic heterocycles. The van der Waals surface area contributed by atoms with E-state index in [0.717, 1.165) is 5.57 Å². The van der Waals surface area contributed by atoms with E-state index >= 15 is 0 Å². The number of nitrogens with zero attached hydrogens (tertiary/aromatic N) is 1. The summed E-state index contributed by atoms with van der Waals surface area (Å²) in [6, 6.07) is 0. The van der Waals surface area contributed by atoms with Crippen LogP contribution >= 0.6 is 0 Å². The maximum Gasteiger partial charge on any atom is 0.0733 e. The monoisotopic (exact) mass is 123 g/mol. The minimum absolute atomic E-state index is 0.729. The number of oxime groups is 1. The van der Waals surface area contributed by atoms with Crippen LogP contribution in [-0.4, -0.2) is 11.4 Å². The van der Waals surface area contributed by atoms with Gasteiger partial charge in [-0.3, -0.25) is 0 Å². The van der Waals surface area contributed by atoms with Crippen molar-refractivity contribution >= 4 is 6.21 Å². The zero-order valence-electron chi connectivity index (χ0n) is 5.12. The maximum atomic E-state index is 8.04. The molecule has 2 nitrogen and oxygen atoms in total. The van der Waals surface area contributed by atoms with Gasteiger partial charge in [0, 0.05) is 0 Å². The van der Waals surface area contributed by atoms with Crippen molar-refractivity contribution in [3.63, 3.8) is 0 Å². The Morgan fingerprint density at radius 2 is 2.11 bits per heavy atom. The Bertz CT molecular complexity index is 156. The normalized spacial score (nSPS) is 11.8. The summed E-state index contributed by atoms with van der Waals surface area (Å²) >= 11 is 0. The summed E-state index contributed by atoms with van der Waals surface area (Å²) < 4.78 is 0. The minimum atomic E-state index is 0.729. The summed E-state index contributed by atoms with van der Waals surface area (Å²) in [5, 5.41) is 10.9. The third-order valence-corrected chi connectivity index (χ3v) is 0.753. The van der Waals surface area contributed by atoms with Crippen LogP contribution in [0.2, 0.25) is 0 Å². The molecule has 9 heavy (non-hydrogen) atoms. The van der Waals surface area contributed by atoms with E-state index in [4.69, 9.17) is 5.21 Å². The average molecular weight is 123 g/mol. The van der Waals surface area contributed by atoms with Gasteiger partial charge in [-0.2, -0.15) is 0 Å². The SMILES string of the molecule is C=C/C=C(C=C)/C=N/O. The van der Waals surface area contributed by atoms with E-state index in [0.29, 0.717) is 0 Å². The molecule has 1 N–H and O–H groups in total. The second-order valence-electron chi connectivity index (χ2n) is 1.35. The summed E-state index contributed by atoms with van der Waals surface area (Å²) in [6.07, 6.45) is 6.14. The molecular formula is C7H9NO. The Balaban J connectivity index is 4.13. The molecule has 0 heterocycles. The average Bonchev–Trinajstić information content (AvgIpc) is 1.88. The molecule has 0 aliphatic rings. The van der Waals surface area contributed by atoms with E-state index in [1.165, 1.54) is 6.21 Å². The molecule has 0 bridgehead atoms. The minimum Gasteiger partial charge on any atom is -0.411 e. The lowest BCUT2D eigenvalue weighted by Gasteiger charge is -1.83. The Morgan fingerprint density at radius 1 is 1.44 bits per heavy atom. The zero-order chi connectivity index (χ0) is 7.11. The third kappa shape index (κ3) is 3.29. The molecule has 0 aliphatic carbocycles. The first-order valence-electron chi connectivity index (χ1n) is 2.47. The number of hydrogen-bond donors (Lipinski definition) is 1. The van der Waals surface area contributed by atoms with Crippen LogP contribution in [0, 0.1) is 0 Å². The van der Waals surface area contributed by atoms with Crippen LogP contribution < -0.4 is 0 Å². The van der Waals surface area contributed by atoms with E-state index in [1.807, 2.05) is 0 Å². The summed E-state index contributed by atoms with van der Waals surface area (Å²) in [4.78, 5) is 0. The summed E-state index contributed by atoms with van der Waals surface area (Å²) in [5.41, 5.74) is 0.729. The summed E-state index contributed by atoms with van der Waals surface area (Å²) in [6.45, 7) is 6.94. The molecule has 0 unspecified atom stereocenters. The number of rotatable bonds is 3. The van der Waals surface area contributed by atoms with Crippen molar-refractivity contribution in [2.24, 2.45) is 5.16 Å². The molecule has 0 saturated heterocycles. The predicted octanol–water partition coefficient (Wildman–Crippen LogP) is 1.74. The number of allylic oxidation sites excluding steroid dienone is 4. The molecule has 48 valence electrons. The highest BCUT2D eigenvalue weighted by Gasteiger charge is 1.79. The van der Waals surface area contributed by atoms with Gasteiger partial charge in [0.05, 0.1) is 6.21 Å². The third-order valence-electron chi connectivity index (χ3n) is 0.753. The van der Waals surface area contributed by atoms with Crippen molar-refractivity contribution in [2.45, 2.75) is 0 Å². The topological polar surface area (TPSA) is 32.6 Å². The van der Waals surface area contributed by atoms with Gasteiger partial charge in [-0.25, -0.2) is 0 Å². The van der Waals surface area contributed by atoms with E-state index < -0.39 is 0 Å². The first kappa shape index (κ1) is 7.69. The Kier molecular flexibility index (Phi) is 4.14. The first-order chi connectivity index (χ1) is 4.35. The van der Waals surface area contributed by atoms with Gasteiger partial charge in [-0.1, -0.05) is 36.5 Å². The molecule has 0 amide bonds. The largest absolute Gasteiger partial charge is 0.411 e. The maximum absolute atomic E-state index is 8.04. The summed E-state index contributed by atoms with van der Waals surface area (Å²) in [7, 11) is 0. The fraction of sp³-hybridized carbons (Fsp3) is 0. The van der Waals surface area contributed by atoms with Crippen LogP contribution in [0.1, 0.15) is 0 Å². The fourth-order valence-corrected chi connectivity index (χ4v) is 0.367. The second kappa shape index (κ2) is 4.84. The molecule has 0 radical (unpaired) electrons. The Labute approximate surface area is 54.5 Å². The van der Waals surface area contributed by atoms with E-state index in [-0.39, 0.29) is 0 Å². The molecule has 0 saturated carbocycles. The van der Waals surface area contributed by atoms with Crippen LogP contribution in [0.15, 0.2) is 42.1 Å². The Morgan fingerprint density at radius 3 is 2.44 bits per heavy atom. The lowest BCUT2D eigenvalue weighted by atomic mass is 10.3. The van der Waals surface area contributed by atoms with Gasteiger partial charge in [0.15, 0.2) is 0 Å². The molecule has 2 heteroatoms. The molecule has 0 aromatic rings. The highest BCUT2D eigenvalue weighted by atomic mass is 16.4. The van der Waals surface area contributed by atoms with E-state index in [9.17, 15) is 0 Å². The van der Waals surface area contributed by atoms with Crippen LogP contribution in [0.4, 0.5) is 0 Å². The van der Waals surface area contributed by atoms with Crippen molar-refractivity contribution < 1.29 is 5.21 Å². The lowest BCUT2D eigenvalue weighted by molar-refractivity contribution is 0.322. The van der Waals surface area contributed by atoms with Crippen LogP contribution in [-0.2, 0) is 0 Å². The van der Waals surface area contributed by atoms with Crippen LogP contribution in [0.25, 0.3) is 0 Å². The van der Waals surface area contributed by atoms with Crippen LogP contribution in [0.3, 0.4) is 0 Å². The quantitative estimate of drug-likeness (QED) is 0.263. The van der Waals surface area contributed by atoms with Crippen molar-refractivity contribution in [3.05, 3.63) is 37.0 Å². The molecular weight excluding hydrogens is 114 g/mol. The van der Waals surface area contributed by atoms with Crippen molar-refractivity contribution in [2.75, 3.05) is 0 Å². The van der Waals surface area contributed by atoms with Gasteiger partial charge in [0.25, 0.3) is 0 Å². The van der Waals surface area contributed by atoms with E-state index in [1.54, 1.807) is 18.2 Å². The fourth-order valence-electron chi connectivity index (χ4n) is 0.367. The Hall–Kier alpha value is -1.31. The molecule has 0 aromatic carbocycles. The molecule has 0 atom stereocenters. The van der Waals surface area contributed by atoms with Crippen molar-refractivity contribution in [3.8, 4) is 0 Å². The van der Waals surface area contributed by atoms with Gasteiger partial charge in [0.1, 0.15) is 0 Å². The lowest BCUT2D eigenvalue weighted by Crippen LogP contribution is -1.76. The van der Waals surface area contributed by atoms with Gasteiger partial charge in [-0.05, 0) is 5.57 Å². The standard InChI is InChI=1S/C7H9NO/c1-3-5-7(4-2)6-8-9/h3-6,9H,1-2H2/b7-5+,8-6+. The summed E-state index contributed by atoms with van der Waals surface area (Å²) in [5.74, 6) is 0. The second-order valence-corrected chi connectivity index (χ2v) is 1.35. The highest BCUT2D eigenvalue weighted by molar-refractivity contribution is 5.81. The molecule has 0 fully saturated rings. The van der Waals surface area contributed by atoms with Gasteiger partial charge in [0.2, 0.25) is 0 Å². The van der Waals surface area contributed by atoms with E-state index in [2.05, 4.69) is 18.3 Å². The molecule has 0 spiro atoms. The zero-order valence-corrected chi connectivity index (χ0v) is 5.12. The van der Waals surface area contributed by atoms with Crippen molar-refractivity contribution in [1.29, 1.82) is 0 Å². The van der Waals surface area contributed by atoms with Crippen LogP contribution in [0.5, 0.6) is 0 Å². The van der Waals surface area contributed by atoms with Gasteiger partial charge >= 0.3 is 0 Å². The predicted molar refractivity (Wildman–Crippen MR) is 38.8 cm³/mol. The van der Waals surface area contributed by atoms with Gasteiger partial charge < -0.3 is 5.21 Å². The first-order valence-corrected chi connectivity index (χ1v) is 2.47. The van der Waals surface area contributed by atoms with Gasteiger partial charge in [-0.15, -0.1) is 0 Å². The molecule has 0 aromatic heterocycles. The van der Waals surface area contributed by atoms with Crippen molar-refractivity contribution in [1.82, 2.24) is 0 Å². The highest BCUT2D eigenvalue weighted by Crippen LogP contribution is 1.89. The smallest absolute Gasteiger partial charge is 0.0733 e. The number of hydrogen-bond acceptors (Lipinski definition) is 2.